The van der Waals surface area contributed by atoms with Crippen LogP contribution in [0.2, 0.25) is 0 Å². The van der Waals surface area contributed by atoms with Gasteiger partial charge in [0.1, 0.15) is 0 Å². The van der Waals surface area contributed by atoms with E-state index in [2.05, 4.69) is 34.7 Å². The van der Waals surface area contributed by atoms with Gasteiger partial charge < -0.3 is 15.1 Å². The molecule has 2 N–H and O–H groups in total. The molecule has 0 aliphatic heterocycles. The van der Waals surface area contributed by atoms with Gasteiger partial charge in [-0.25, -0.2) is 0 Å². The van der Waals surface area contributed by atoms with Crippen LogP contribution in [0.25, 0.3) is 11.5 Å². The van der Waals surface area contributed by atoms with Crippen molar-refractivity contribution in [2.75, 3.05) is 11.9 Å². The van der Waals surface area contributed by atoms with E-state index in [1.807, 2.05) is 25.1 Å². The highest BCUT2D eigenvalue weighted by atomic mass is 16.4. The van der Waals surface area contributed by atoms with Gasteiger partial charge in [0.15, 0.2) is 0 Å². The number of carbonyl (C=O) groups is 1. The first-order valence-corrected chi connectivity index (χ1v) is 6.96. The summed E-state index contributed by atoms with van der Waals surface area (Å²) in [5.41, 5.74) is 2.59. The predicted molar refractivity (Wildman–Crippen MR) is 80.9 cm³/mol. The van der Waals surface area contributed by atoms with Crippen molar-refractivity contribution < 1.29 is 9.21 Å². The highest BCUT2D eigenvalue weighted by Gasteiger charge is 2.08. The fraction of sp³-hybridized carbons (Fsp3) is 0.400. The lowest BCUT2D eigenvalue weighted by Gasteiger charge is -2.10. The maximum absolute atomic E-state index is 11.9. The second-order valence-electron chi connectivity index (χ2n) is 5.18. The number of hydrogen-bond acceptors (Lipinski definition) is 5. The number of nitrogens with zero attached hydrogens (tertiary/aromatic N) is 2. The minimum atomic E-state index is -0.00297. The SMILES string of the molecule is Cc1cc(-c2nnco2)ccc1NC(=O)CCNC(C)C. The van der Waals surface area contributed by atoms with Crippen LogP contribution < -0.4 is 10.6 Å². The van der Waals surface area contributed by atoms with Gasteiger partial charge >= 0.3 is 0 Å². The lowest BCUT2D eigenvalue weighted by Crippen LogP contribution is -2.27. The monoisotopic (exact) mass is 288 g/mol. The van der Waals surface area contributed by atoms with Gasteiger partial charge in [-0.15, -0.1) is 10.2 Å². The van der Waals surface area contributed by atoms with Crippen molar-refractivity contribution in [2.45, 2.75) is 33.2 Å². The molecule has 1 aromatic carbocycles. The highest BCUT2D eigenvalue weighted by molar-refractivity contribution is 5.91. The normalized spacial score (nSPS) is 10.9. The first kappa shape index (κ1) is 15.2. The van der Waals surface area contributed by atoms with Crippen molar-refractivity contribution in [1.29, 1.82) is 0 Å². The van der Waals surface area contributed by atoms with Gasteiger partial charge in [0.2, 0.25) is 18.2 Å². The van der Waals surface area contributed by atoms with Crippen LogP contribution in [0.15, 0.2) is 29.0 Å². The van der Waals surface area contributed by atoms with Crippen molar-refractivity contribution >= 4 is 11.6 Å². The Bertz CT molecular complexity index is 594. The van der Waals surface area contributed by atoms with E-state index in [1.165, 1.54) is 6.39 Å². The molecule has 0 aliphatic rings. The third kappa shape index (κ3) is 4.39. The number of carbonyl (C=O) groups excluding carboxylic acids is 1. The first-order valence-electron chi connectivity index (χ1n) is 6.96. The number of rotatable bonds is 6. The zero-order chi connectivity index (χ0) is 15.2. The molecule has 0 saturated carbocycles. The Morgan fingerprint density at radius 3 is 2.81 bits per heavy atom. The number of benzene rings is 1. The number of aromatic nitrogens is 2. The highest BCUT2D eigenvalue weighted by Crippen LogP contribution is 2.23. The zero-order valence-corrected chi connectivity index (χ0v) is 12.5. The average Bonchev–Trinajstić information content (AvgIpc) is 2.94. The molecule has 6 heteroatoms. The van der Waals surface area contributed by atoms with Crippen LogP contribution in [0.4, 0.5) is 5.69 Å². The van der Waals surface area contributed by atoms with Crippen molar-refractivity contribution in [1.82, 2.24) is 15.5 Å². The Labute approximate surface area is 124 Å². The second-order valence-corrected chi connectivity index (χ2v) is 5.18. The Hall–Kier alpha value is -2.21. The fourth-order valence-corrected chi connectivity index (χ4v) is 1.92. The third-order valence-corrected chi connectivity index (χ3v) is 3.01. The number of aryl methyl sites for hydroxylation is 1. The Morgan fingerprint density at radius 2 is 2.19 bits per heavy atom. The van der Waals surface area contributed by atoms with Gasteiger partial charge in [-0.3, -0.25) is 4.79 Å². The molecule has 0 spiro atoms. The summed E-state index contributed by atoms with van der Waals surface area (Å²) in [6.07, 6.45) is 1.74. The van der Waals surface area contributed by atoms with E-state index >= 15 is 0 Å². The molecule has 0 saturated heterocycles. The molecule has 1 aromatic heterocycles. The summed E-state index contributed by atoms with van der Waals surface area (Å²) < 4.78 is 5.15. The van der Waals surface area contributed by atoms with E-state index in [-0.39, 0.29) is 5.91 Å². The molecule has 1 amide bonds. The number of anilines is 1. The van der Waals surface area contributed by atoms with Crippen LogP contribution in [0.3, 0.4) is 0 Å². The fourth-order valence-electron chi connectivity index (χ4n) is 1.92. The number of hydrogen-bond donors (Lipinski definition) is 2. The van der Waals surface area contributed by atoms with Crippen LogP contribution in [0.1, 0.15) is 25.8 Å². The summed E-state index contributed by atoms with van der Waals surface area (Å²) in [5.74, 6) is 0.467. The Morgan fingerprint density at radius 1 is 1.38 bits per heavy atom. The van der Waals surface area contributed by atoms with Crippen LogP contribution in [0, 0.1) is 6.92 Å². The Balaban J connectivity index is 1.96. The maximum atomic E-state index is 11.9. The lowest BCUT2D eigenvalue weighted by atomic mass is 10.1. The van der Waals surface area contributed by atoms with E-state index < -0.39 is 0 Å². The third-order valence-electron chi connectivity index (χ3n) is 3.01. The summed E-state index contributed by atoms with van der Waals surface area (Å²) in [4.78, 5) is 11.9. The number of nitrogens with one attached hydrogen (secondary N) is 2. The van der Waals surface area contributed by atoms with Gasteiger partial charge in [-0.1, -0.05) is 13.8 Å². The zero-order valence-electron chi connectivity index (χ0n) is 12.5. The molecule has 2 aromatic rings. The molecular weight excluding hydrogens is 268 g/mol. The van der Waals surface area contributed by atoms with Gasteiger partial charge in [0, 0.05) is 30.3 Å². The van der Waals surface area contributed by atoms with Gasteiger partial charge in [-0.2, -0.15) is 0 Å². The van der Waals surface area contributed by atoms with E-state index in [0.29, 0.717) is 24.9 Å². The molecule has 21 heavy (non-hydrogen) atoms. The van der Waals surface area contributed by atoms with E-state index in [1.54, 1.807) is 0 Å². The maximum Gasteiger partial charge on any atom is 0.247 e. The van der Waals surface area contributed by atoms with Crippen LogP contribution in [-0.4, -0.2) is 28.7 Å². The van der Waals surface area contributed by atoms with E-state index in [4.69, 9.17) is 4.42 Å². The van der Waals surface area contributed by atoms with Crippen LogP contribution in [0.5, 0.6) is 0 Å². The molecule has 0 aliphatic carbocycles. The van der Waals surface area contributed by atoms with E-state index in [0.717, 1.165) is 16.8 Å². The molecule has 1 heterocycles. The minimum Gasteiger partial charge on any atom is -0.423 e. The Kier molecular flexibility index (Phi) is 5.05. The van der Waals surface area contributed by atoms with Gasteiger partial charge in [-0.05, 0) is 30.7 Å². The molecule has 112 valence electrons. The summed E-state index contributed by atoms with van der Waals surface area (Å²) in [5, 5.41) is 13.6. The van der Waals surface area contributed by atoms with Crippen molar-refractivity contribution in [2.24, 2.45) is 0 Å². The summed E-state index contributed by atoms with van der Waals surface area (Å²) in [7, 11) is 0. The molecule has 0 radical (unpaired) electrons. The van der Waals surface area contributed by atoms with Crippen LogP contribution >= 0.6 is 0 Å². The van der Waals surface area contributed by atoms with Crippen molar-refractivity contribution in [3.05, 3.63) is 30.2 Å². The largest absolute Gasteiger partial charge is 0.423 e. The summed E-state index contributed by atoms with van der Waals surface area (Å²) >= 11 is 0. The molecule has 0 unspecified atom stereocenters. The molecular formula is C15H20N4O2. The average molecular weight is 288 g/mol. The topological polar surface area (TPSA) is 80.1 Å². The first-order chi connectivity index (χ1) is 10.1. The second kappa shape index (κ2) is 6.99. The predicted octanol–water partition coefficient (Wildman–Crippen LogP) is 2.37. The quantitative estimate of drug-likeness (QED) is 0.853. The van der Waals surface area contributed by atoms with Gasteiger partial charge in [0.25, 0.3) is 0 Å². The molecule has 0 fully saturated rings. The minimum absolute atomic E-state index is 0.00297. The smallest absolute Gasteiger partial charge is 0.247 e. The van der Waals surface area contributed by atoms with E-state index in [9.17, 15) is 4.79 Å². The molecule has 0 bridgehead atoms. The molecule has 0 atom stereocenters. The van der Waals surface area contributed by atoms with Crippen molar-refractivity contribution in [3.63, 3.8) is 0 Å². The number of amides is 1. The van der Waals surface area contributed by atoms with Crippen LogP contribution in [-0.2, 0) is 4.79 Å². The van der Waals surface area contributed by atoms with Gasteiger partial charge in [0.05, 0.1) is 0 Å². The lowest BCUT2D eigenvalue weighted by molar-refractivity contribution is -0.116. The molecule has 6 nitrogen and oxygen atoms in total. The summed E-state index contributed by atoms with van der Waals surface area (Å²) in [6.45, 7) is 6.71. The standard InChI is InChI=1S/C15H20N4O2/c1-10(2)16-7-6-14(20)18-13-5-4-12(8-11(13)3)15-19-17-9-21-15/h4-5,8-10,16H,6-7H2,1-3H3,(H,18,20). The van der Waals surface area contributed by atoms with Crippen molar-refractivity contribution in [3.8, 4) is 11.5 Å². The molecule has 2 rings (SSSR count). The summed E-state index contributed by atoms with van der Waals surface area (Å²) in [6, 6.07) is 5.99.